The zero-order valence-electron chi connectivity index (χ0n) is 20.4. The summed E-state index contributed by atoms with van der Waals surface area (Å²) in [4.78, 5) is 32.2. The summed E-state index contributed by atoms with van der Waals surface area (Å²) in [7, 11) is 1.72. The lowest BCUT2D eigenvalue weighted by molar-refractivity contribution is -0.133. The van der Waals surface area contributed by atoms with E-state index >= 15 is 0 Å². The number of nitrogens with one attached hydrogen (secondary N) is 1. The van der Waals surface area contributed by atoms with Crippen molar-refractivity contribution in [3.63, 3.8) is 0 Å². The molecule has 2 fully saturated rings. The van der Waals surface area contributed by atoms with Crippen LogP contribution in [0.15, 0.2) is 24.3 Å². The number of nitrogens with zero attached hydrogens (tertiary/aromatic N) is 3. The highest BCUT2D eigenvalue weighted by Crippen LogP contribution is 2.30. The van der Waals surface area contributed by atoms with Gasteiger partial charge in [0.1, 0.15) is 5.82 Å². The van der Waals surface area contributed by atoms with Gasteiger partial charge in [-0.15, -0.1) is 0 Å². The van der Waals surface area contributed by atoms with E-state index < -0.39 is 0 Å². The van der Waals surface area contributed by atoms with E-state index in [-0.39, 0.29) is 36.1 Å². The lowest BCUT2D eigenvalue weighted by Crippen LogP contribution is -2.45. The Hall–Kier alpha value is -2.45. The lowest BCUT2D eigenvalue weighted by atomic mass is 9.96. The second kappa shape index (κ2) is 11.8. The number of para-hydroxylation sites is 2. The Balaban J connectivity index is 1.36. The molecular weight excluding hydrogens is 430 g/mol. The van der Waals surface area contributed by atoms with Crippen LogP contribution in [0.3, 0.4) is 0 Å². The van der Waals surface area contributed by atoms with Crippen LogP contribution in [-0.4, -0.2) is 65.7 Å². The average molecular weight is 470 g/mol. The summed E-state index contributed by atoms with van der Waals surface area (Å²) in [6.45, 7) is 3.32. The Morgan fingerprint density at radius 3 is 2.79 bits per heavy atom. The van der Waals surface area contributed by atoms with Gasteiger partial charge < -0.3 is 25.3 Å². The molecule has 2 heterocycles. The first-order valence-corrected chi connectivity index (χ1v) is 12.8. The number of aryl methyl sites for hydroxylation is 1. The Morgan fingerprint density at radius 2 is 2.00 bits per heavy atom. The molecule has 1 saturated carbocycles. The Labute approximate surface area is 202 Å². The van der Waals surface area contributed by atoms with Gasteiger partial charge in [0, 0.05) is 64.2 Å². The van der Waals surface area contributed by atoms with Crippen LogP contribution in [0.25, 0.3) is 11.0 Å². The van der Waals surface area contributed by atoms with Crippen molar-refractivity contribution in [3.05, 3.63) is 30.1 Å². The highest BCUT2D eigenvalue weighted by atomic mass is 16.5. The summed E-state index contributed by atoms with van der Waals surface area (Å²) in [5.74, 6) is 1.53. The molecule has 0 unspecified atom stereocenters. The second-order valence-electron chi connectivity index (χ2n) is 9.83. The van der Waals surface area contributed by atoms with E-state index in [9.17, 15) is 9.59 Å². The van der Waals surface area contributed by atoms with Gasteiger partial charge in [0.15, 0.2) is 0 Å². The molecule has 8 nitrogen and oxygen atoms in total. The number of methoxy groups -OCH3 is 1. The number of imidazole rings is 1. The van der Waals surface area contributed by atoms with Gasteiger partial charge in [-0.25, -0.2) is 4.98 Å². The molecule has 2 amide bonds. The summed E-state index contributed by atoms with van der Waals surface area (Å²) in [6.07, 6.45) is 7.31. The van der Waals surface area contributed by atoms with E-state index in [1.807, 2.05) is 17.0 Å². The van der Waals surface area contributed by atoms with E-state index in [0.717, 1.165) is 74.9 Å². The fourth-order valence-corrected chi connectivity index (χ4v) is 5.41. The molecular formula is C26H39N5O3. The largest absolute Gasteiger partial charge is 0.385 e. The number of likely N-dealkylation sites (tertiary alicyclic amines) is 1. The van der Waals surface area contributed by atoms with Crippen molar-refractivity contribution < 1.29 is 14.3 Å². The fourth-order valence-electron chi connectivity index (χ4n) is 5.41. The molecule has 1 saturated heterocycles. The number of piperidine rings is 1. The number of aromatic nitrogens is 2. The maximum atomic E-state index is 13.0. The normalized spacial score (nSPS) is 20.1. The number of ether oxygens (including phenoxy) is 1. The molecule has 1 aromatic carbocycles. The molecule has 0 bridgehead atoms. The topological polar surface area (TPSA) is 102 Å². The molecule has 1 aromatic heterocycles. The third kappa shape index (κ3) is 5.96. The summed E-state index contributed by atoms with van der Waals surface area (Å²) in [5, 5.41) is 2.96. The Kier molecular flexibility index (Phi) is 8.56. The van der Waals surface area contributed by atoms with Gasteiger partial charge in [-0.1, -0.05) is 25.0 Å². The van der Waals surface area contributed by atoms with Crippen molar-refractivity contribution in [1.82, 2.24) is 19.8 Å². The monoisotopic (exact) mass is 469 g/mol. The van der Waals surface area contributed by atoms with Gasteiger partial charge in [0.05, 0.1) is 11.0 Å². The lowest BCUT2D eigenvalue weighted by Gasteiger charge is -2.33. The minimum Gasteiger partial charge on any atom is -0.385 e. The number of benzene rings is 1. The van der Waals surface area contributed by atoms with E-state index in [0.29, 0.717) is 19.7 Å². The van der Waals surface area contributed by atoms with Crippen molar-refractivity contribution in [2.75, 3.05) is 33.4 Å². The van der Waals surface area contributed by atoms with Crippen molar-refractivity contribution in [1.29, 1.82) is 0 Å². The van der Waals surface area contributed by atoms with Crippen molar-refractivity contribution >= 4 is 22.8 Å². The summed E-state index contributed by atoms with van der Waals surface area (Å²) >= 11 is 0. The summed E-state index contributed by atoms with van der Waals surface area (Å²) < 4.78 is 7.56. The zero-order chi connectivity index (χ0) is 23.9. The quantitative estimate of drug-likeness (QED) is 0.521. The van der Waals surface area contributed by atoms with Gasteiger partial charge in [-0.3, -0.25) is 9.59 Å². The van der Waals surface area contributed by atoms with Gasteiger partial charge in [0.2, 0.25) is 11.8 Å². The van der Waals surface area contributed by atoms with Gasteiger partial charge in [-0.05, 0) is 44.2 Å². The van der Waals surface area contributed by atoms with Crippen LogP contribution >= 0.6 is 0 Å². The van der Waals surface area contributed by atoms with E-state index in [1.54, 1.807) is 7.11 Å². The van der Waals surface area contributed by atoms with Crippen molar-refractivity contribution in [2.24, 2.45) is 11.7 Å². The number of rotatable bonds is 10. The van der Waals surface area contributed by atoms with Crippen LogP contribution in [0.5, 0.6) is 0 Å². The van der Waals surface area contributed by atoms with Crippen LogP contribution in [0.2, 0.25) is 0 Å². The standard InChI is InChI=1S/C26H39N5O3/c1-34-15-7-14-31-23-12-5-4-11-22(23)29-25(31)20-10-6-13-30(18-20)24(32)16-21(27)17-28-26(33)19-8-2-3-9-19/h4-5,11-12,19-21H,2-3,6-10,13-18,27H2,1H3,(H,28,33)/t20-,21-/m1/s1. The molecule has 2 atom stereocenters. The molecule has 8 heteroatoms. The number of carbonyl (C=O) groups excluding carboxylic acids is 2. The maximum Gasteiger partial charge on any atom is 0.224 e. The first kappa shape index (κ1) is 24.7. The number of fused-ring (bicyclic) bond motifs is 1. The maximum absolute atomic E-state index is 13.0. The van der Waals surface area contributed by atoms with E-state index in [2.05, 4.69) is 22.0 Å². The molecule has 186 valence electrons. The second-order valence-corrected chi connectivity index (χ2v) is 9.83. The predicted octanol–water partition coefficient (Wildman–Crippen LogP) is 2.80. The number of amides is 2. The van der Waals surface area contributed by atoms with Gasteiger partial charge in [0.25, 0.3) is 0 Å². The molecule has 34 heavy (non-hydrogen) atoms. The minimum absolute atomic E-state index is 0.0642. The molecule has 1 aliphatic heterocycles. The summed E-state index contributed by atoms with van der Waals surface area (Å²) in [6, 6.07) is 7.86. The SMILES string of the molecule is COCCCn1c([C@@H]2CCCN(C(=O)C[C@@H](N)CNC(=O)C3CCCC3)C2)nc2ccccc21. The predicted molar refractivity (Wildman–Crippen MR) is 132 cm³/mol. The molecule has 4 rings (SSSR count). The van der Waals surface area contributed by atoms with Crippen LogP contribution < -0.4 is 11.1 Å². The first-order valence-electron chi connectivity index (χ1n) is 12.8. The minimum atomic E-state index is -0.364. The fraction of sp³-hybridized carbons (Fsp3) is 0.654. The van der Waals surface area contributed by atoms with Crippen molar-refractivity contribution in [3.8, 4) is 0 Å². The third-order valence-electron chi connectivity index (χ3n) is 7.25. The first-order chi connectivity index (χ1) is 16.6. The number of hydrogen-bond acceptors (Lipinski definition) is 5. The van der Waals surface area contributed by atoms with Crippen molar-refractivity contribution in [2.45, 2.75) is 69.9 Å². The van der Waals surface area contributed by atoms with Crippen LogP contribution in [0.4, 0.5) is 0 Å². The average Bonchev–Trinajstić information content (AvgIpc) is 3.52. The summed E-state index contributed by atoms with van der Waals surface area (Å²) in [5.41, 5.74) is 8.36. The van der Waals surface area contributed by atoms with Crippen LogP contribution in [0.1, 0.15) is 63.1 Å². The molecule has 1 aliphatic carbocycles. The van der Waals surface area contributed by atoms with E-state index in [4.69, 9.17) is 15.5 Å². The molecule has 0 spiro atoms. The zero-order valence-corrected chi connectivity index (χ0v) is 20.4. The smallest absolute Gasteiger partial charge is 0.224 e. The van der Waals surface area contributed by atoms with Gasteiger partial charge in [-0.2, -0.15) is 0 Å². The molecule has 2 aliphatic rings. The molecule has 3 N–H and O–H groups in total. The number of carbonyl (C=O) groups is 2. The molecule has 0 radical (unpaired) electrons. The highest BCUT2D eigenvalue weighted by Gasteiger charge is 2.29. The Bertz CT molecular complexity index is 968. The van der Waals surface area contributed by atoms with Crippen LogP contribution in [0, 0.1) is 5.92 Å². The molecule has 2 aromatic rings. The highest BCUT2D eigenvalue weighted by molar-refractivity contribution is 5.80. The van der Waals surface area contributed by atoms with Crippen LogP contribution in [-0.2, 0) is 20.9 Å². The van der Waals surface area contributed by atoms with Gasteiger partial charge >= 0.3 is 0 Å². The third-order valence-corrected chi connectivity index (χ3v) is 7.25. The Morgan fingerprint density at radius 1 is 1.21 bits per heavy atom. The number of hydrogen-bond donors (Lipinski definition) is 2. The number of nitrogens with two attached hydrogens (primary N) is 1. The van der Waals surface area contributed by atoms with E-state index in [1.165, 1.54) is 0 Å².